The second-order valence-corrected chi connectivity index (χ2v) is 6.08. The number of fused-ring (bicyclic) bond motifs is 1. The normalized spacial score (nSPS) is 11.2. The van der Waals surface area contributed by atoms with E-state index in [2.05, 4.69) is 20.3 Å². The Balaban J connectivity index is 1.52. The molecule has 0 spiro atoms. The summed E-state index contributed by atoms with van der Waals surface area (Å²) >= 11 is 3.11. The van der Waals surface area contributed by atoms with Crippen molar-refractivity contribution in [3.05, 3.63) is 47.8 Å². The molecule has 104 valence electrons. The summed E-state index contributed by atoms with van der Waals surface area (Å²) in [5.74, 6) is 1.77. The molecule has 0 aromatic carbocycles. The fourth-order valence-corrected chi connectivity index (χ4v) is 3.27. The van der Waals surface area contributed by atoms with Crippen LogP contribution in [0.4, 0.5) is 0 Å². The van der Waals surface area contributed by atoms with Crippen LogP contribution in [-0.2, 0) is 5.75 Å². The van der Waals surface area contributed by atoms with E-state index in [4.69, 9.17) is 4.52 Å². The molecule has 0 unspecified atom stereocenters. The first-order valence-electron chi connectivity index (χ1n) is 6.19. The summed E-state index contributed by atoms with van der Waals surface area (Å²) in [6.45, 7) is 0. The minimum absolute atomic E-state index is 0.564. The molecule has 8 heteroatoms. The van der Waals surface area contributed by atoms with Crippen LogP contribution in [0, 0.1) is 0 Å². The van der Waals surface area contributed by atoms with Gasteiger partial charge in [-0.1, -0.05) is 29.1 Å². The van der Waals surface area contributed by atoms with Crippen LogP contribution in [0.2, 0.25) is 0 Å². The number of hydrogen-bond acceptors (Lipinski definition) is 7. The molecule has 0 fully saturated rings. The number of hydrogen-bond donors (Lipinski definition) is 0. The average molecular weight is 315 g/mol. The summed E-state index contributed by atoms with van der Waals surface area (Å²) < 4.78 is 7.20. The van der Waals surface area contributed by atoms with E-state index in [1.807, 2.05) is 46.3 Å². The summed E-state index contributed by atoms with van der Waals surface area (Å²) in [4.78, 5) is 5.39. The number of aromatic nitrogens is 5. The van der Waals surface area contributed by atoms with Crippen LogP contribution in [0.1, 0.15) is 5.89 Å². The molecule has 0 bridgehead atoms. The zero-order valence-corrected chi connectivity index (χ0v) is 12.3. The van der Waals surface area contributed by atoms with Gasteiger partial charge in [-0.05, 0) is 23.6 Å². The Labute approximate surface area is 127 Å². The Bertz CT molecular complexity index is 868. The fraction of sp³-hybridized carbons (Fsp3) is 0.0769. The molecule has 4 aromatic rings. The lowest BCUT2D eigenvalue weighted by Crippen LogP contribution is -1.87. The van der Waals surface area contributed by atoms with Gasteiger partial charge in [0.2, 0.25) is 11.7 Å². The van der Waals surface area contributed by atoms with Gasteiger partial charge in [-0.25, -0.2) is 0 Å². The van der Waals surface area contributed by atoms with Gasteiger partial charge in [0.25, 0.3) is 0 Å². The molecule has 6 nitrogen and oxygen atoms in total. The zero-order valence-electron chi connectivity index (χ0n) is 10.7. The first-order chi connectivity index (χ1) is 10.4. The van der Waals surface area contributed by atoms with Crippen molar-refractivity contribution in [2.45, 2.75) is 10.9 Å². The second-order valence-electron chi connectivity index (χ2n) is 4.19. The standard InChI is InChI=1S/C13H9N5OS2/c1-2-6-18-10(5-1)15-16-13(18)21-8-11-14-12(17-19-11)9-4-3-7-20-9/h1-7H,8H2. The van der Waals surface area contributed by atoms with Crippen molar-refractivity contribution in [3.63, 3.8) is 0 Å². The molecular weight excluding hydrogens is 306 g/mol. The van der Waals surface area contributed by atoms with Gasteiger partial charge in [0.1, 0.15) is 0 Å². The first kappa shape index (κ1) is 12.5. The van der Waals surface area contributed by atoms with Gasteiger partial charge < -0.3 is 4.52 Å². The van der Waals surface area contributed by atoms with Crippen LogP contribution in [0.25, 0.3) is 16.3 Å². The molecular formula is C13H9N5OS2. The Morgan fingerprint density at radius 3 is 3.10 bits per heavy atom. The Kier molecular flexibility index (Phi) is 3.17. The van der Waals surface area contributed by atoms with Gasteiger partial charge in [0.05, 0.1) is 10.6 Å². The molecule has 4 aromatic heterocycles. The maximum atomic E-state index is 5.27. The quantitative estimate of drug-likeness (QED) is 0.539. The smallest absolute Gasteiger partial charge is 0.237 e. The topological polar surface area (TPSA) is 69.1 Å². The van der Waals surface area contributed by atoms with Crippen molar-refractivity contribution in [3.8, 4) is 10.7 Å². The van der Waals surface area contributed by atoms with E-state index in [1.54, 1.807) is 11.3 Å². The van der Waals surface area contributed by atoms with E-state index in [9.17, 15) is 0 Å². The monoisotopic (exact) mass is 315 g/mol. The number of nitrogens with zero attached hydrogens (tertiary/aromatic N) is 5. The van der Waals surface area contributed by atoms with E-state index in [0.29, 0.717) is 17.5 Å². The third kappa shape index (κ3) is 2.43. The Morgan fingerprint density at radius 1 is 1.19 bits per heavy atom. The predicted octanol–water partition coefficient (Wildman–Crippen LogP) is 3.13. The third-order valence-electron chi connectivity index (χ3n) is 2.82. The van der Waals surface area contributed by atoms with E-state index < -0.39 is 0 Å². The Hall–Kier alpha value is -2.19. The molecule has 4 rings (SSSR count). The van der Waals surface area contributed by atoms with E-state index in [0.717, 1.165) is 15.7 Å². The highest BCUT2D eigenvalue weighted by atomic mass is 32.2. The molecule has 0 amide bonds. The maximum Gasteiger partial charge on any atom is 0.237 e. The van der Waals surface area contributed by atoms with Gasteiger partial charge in [-0.3, -0.25) is 4.40 Å². The second kappa shape index (κ2) is 5.30. The molecule has 0 atom stereocenters. The summed E-state index contributed by atoms with van der Waals surface area (Å²) in [5.41, 5.74) is 0.824. The van der Waals surface area contributed by atoms with E-state index in [-0.39, 0.29) is 0 Å². The number of thioether (sulfide) groups is 1. The minimum atomic E-state index is 0.564. The van der Waals surface area contributed by atoms with Crippen LogP contribution >= 0.6 is 23.1 Å². The highest BCUT2D eigenvalue weighted by molar-refractivity contribution is 7.98. The van der Waals surface area contributed by atoms with Gasteiger partial charge in [-0.15, -0.1) is 21.5 Å². The molecule has 0 aliphatic rings. The summed E-state index contributed by atoms with van der Waals surface area (Å²) in [7, 11) is 0. The lowest BCUT2D eigenvalue weighted by atomic mass is 10.4. The van der Waals surface area contributed by atoms with Crippen molar-refractivity contribution in [2.24, 2.45) is 0 Å². The summed E-state index contributed by atoms with van der Waals surface area (Å²) in [6, 6.07) is 9.73. The minimum Gasteiger partial charge on any atom is -0.338 e. The molecule has 0 aliphatic carbocycles. The highest BCUT2D eigenvalue weighted by Gasteiger charge is 2.11. The van der Waals surface area contributed by atoms with Crippen LogP contribution < -0.4 is 0 Å². The third-order valence-corrected chi connectivity index (χ3v) is 4.61. The van der Waals surface area contributed by atoms with Crippen molar-refractivity contribution in [2.75, 3.05) is 0 Å². The maximum absolute atomic E-state index is 5.27. The molecule has 21 heavy (non-hydrogen) atoms. The van der Waals surface area contributed by atoms with Gasteiger partial charge >= 0.3 is 0 Å². The van der Waals surface area contributed by atoms with Crippen LogP contribution in [-0.4, -0.2) is 24.7 Å². The lowest BCUT2D eigenvalue weighted by molar-refractivity contribution is 0.391. The van der Waals surface area contributed by atoms with Gasteiger partial charge in [0.15, 0.2) is 10.8 Å². The zero-order chi connectivity index (χ0) is 14.1. The van der Waals surface area contributed by atoms with Crippen LogP contribution in [0.3, 0.4) is 0 Å². The van der Waals surface area contributed by atoms with Crippen molar-refractivity contribution < 1.29 is 4.52 Å². The van der Waals surface area contributed by atoms with Crippen LogP contribution in [0.5, 0.6) is 0 Å². The molecule has 0 saturated heterocycles. The molecule has 0 aliphatic heterocycles. The highest BCUT2D eigenvalue weighted by Crippen LogP contribution is 2.24. The van der Waals surface area contributed by atoms with E-state index in [1.165, 1.54) is 11.8 Å². The largest absolute Gasteiger partial charge is 0.338 e. The Morgan fingerprint density at radius 2 is 2.19 bits per heavy atom. The molecule has 0 N–H and O–H groups in total. The molecule has 0 radical (unpaired) electrons. The summed E-state index contributed by atoms with van der Waals surface area (Å²) in [6.07, 6.45) is 1.93. The number of thiophene rings is 1. The van der Waals surface area contributed by atoms with Gasteiger partial charge in [0, 0.05) is 6.20 Å². The first-order valence-corrected chi connectivity index (χ1v) is 8.06. The number of rotatable bonds is 4. The van der Waals surface area contributed by atoms with Crippen molar-refractivity contribution in [1.29, 1.82) is 0 Å². The lowest BCUT2D eigenvalue weighted by Gasteiger charge is -1.96. The number of pyridine rings is 1. The molecule has 4 heterocycles. The SMILES string of the molecule is c1csc(-c2noc(CSc3nnc4ccccn34)n2)c1. The van der Waals surface area contributed by atoms with Crippen molar-refractivity contribution >= 4 is 28.7 Å². The molecule has 0 saturated carbocycles. The van der Waals surface area contributed by atoms with Crippen molar-refractivity contribution in [1.82, 2.24) is 24.7 Å². The van der Waals surface area contributed by atoms with E-state index >= 15 is 0 Å². The van der Waals surface area contributed by atoms with Crippen LogP contribution in [0.15, 0.2) is 51.6 Å². The summed E-state index contributed by atoms with van der Waals surface area (Å²) in [5, 5.41) is 15.0. The predicted molar refractivity (Wildman–Crippen MR) is 80.2 cm³/mol. The average Bonchev–Trinajstić information content (AvgIpc) is 3.25. The van der Waals surface area contributed by atoms with Gasteiger partial charge in [-0.2, -0.15) is 4.98 Å². The fourth-order valence-electron chi connectivity index (χ4n) is 1.86.